The van der Waals surface area contributed by atoms with E-state index in [-0.39, 0.29) is 30.7 Å². The van der Waals surface area contributed by atoms with Gasteiger partial charge in [-0.3, -0.25) is 4.79 Å². The van der Waals surface area contributed by atoms with E-state index in [9.17, 15) is 13.2 Å². The molecule has 1 fully saturated rings. The summed E-state index contributed by atoms with van der Waals surface area (Å²) in [6, 6.07) is 0. The van der Waals surface area contributed by atoms with E-state index in [0.29, 0.717) is 18.4 Å². The average molecular weight is 320 g/mol. The molecule has 1 saturated heterocycles. The zero-order chi connectivity index (χ0) is 16.2. The largest absolute Gasteiger partial charge is 0.366 e. The molecule has 1 rings (SSSR count). The first-order chi connectivity index (χ1) is 9.69. The molecule has 0 aromatic heterocycles. The molecule has 0 aromatic carbocycles. The Labute approximate surface area is 128 Å². The maximum atomic E-state index is 12.6. The van der Waals surface area contributed by atoms with Gasteiger partial charge in [0.05, 0.1) is 12.4 Å². The zero-order valence-electron chi connectivity index (χ0n) is 13.6. The monoisotopic (exact) mass is 320 g/mol. The summed E-state index contributed by atoms with van der Waals surface area (Å²) >= 11 is 0. The maximum Gasteiger partial charge on any atom is 0.250 e. The van der Waals surface area contributed by atoms with Crippen LogP contribution in [0.1, 0.15) is 27.7 Å². The Morgan fingerprint density at radius 1 is 1.29 bits per heavy atom. The predicted octanol–water partition coefficient (Wildman–Crippen LogP) is 0.691. The summed E-state index contributed by atoms with van der Waals surface area (Å²) in [6.45, 7) is 8.87. The van der Waals surface area contributed by atoms with E-state index in [4.69, 9.17) is 4.74 Å². The highest BCUT2D eigenvalue weighted by atomic mass is 32.2. The minimum atomic E-state index is -3.37. The number of nitrogens with zero attached hydrogens (tertiary/aromatic N) is 1. The van der Waals surface area contributed by atoms with Crippen LogP contribution in [0.25, 0.3) is 0 Å². The molecule has 1 unspecified atom stereocenters. The van der Waals surface area contributed by atoms with Crippen LogP contribution < -0.4 is 5.32 Å². The molecule has 7 heteroatoms. The number of amides is 1. The Bertz CT molecular complexity index is 440. The van der Waals surface area contributed by atoms with Crippen molar-refractivity contribution in [3.63, 3.8) is 0 Å². The highest BCUT2D eigenvalue weighted by molar-refractivity contribution is 7.89. The number of sulfonamides is 1. The van der Waals surface area contributed by atoms with Crippen LogP contribution >= 0.6 is 0 Å². The minimum absolute atomic E-state index is 0.102. The van der Waals surface area contributed by atoms with Crippen LogP contribution in [0.2, 0.25) is 0 Å². The van der Waals surface area contributed by atoms with E-state index in [1.807, 2.05) is 27.7 Å². The van der Waals surface area contributed by atoms with E-state index >= 15 is 0 Å². The van der Waals surface area contributed by atoms with Gasteiger partial charge in [0.25, 0.3) is 0 Å². The standard InChI is InChI=1S/C14H28N2O4S/c1-10(2)12(11(3)4)9-21(18,19)16-6-7-20-13(8-16)14(17)15-5/h10-13H,6-9H2,1-5H3,(H,15,17). The van der Waals surface area contributed by atoms with E-state index in [2.05, 4.69) is 5.32 Å². The minimum Gasteiger partial charge on any atom is -0.366 e. The third kappa shape index (κ3) is 4.93. The quantitative estimate of drug-likeness (QED) is 0.781. The Balaban J connectivity index is 2.79. The number of carbonyl (C=O) groups excluding carboxylic acids is 1. The van der Waals surface area contributed by atoms with Gasteiger partial charge in [-0.15, -0.1) is 0 Å². The van der Waals surface area contributed by atoms with Gasteiger partial charge >= 0.3 is 0 Å². The molecule has 0 saturated carbocycles. The molecule has 21 heavy (non-hydrogen) atoms. The molecule has 124 valence electrons. The van der Waals surface area contributed by atoms with Gasteiger partial charge in [-0.1, -0.05) is 27.7 Å². The molecule has 0 spiro atoms. The lowest BCUT2D eigenvalue weighted by Crippen LogP contribution is -2.52. The molecular formula is C14H28N2O4S. The second-order valence-electron chi connectivity index (χ2n) is 6.26. The molecule has 0 aromatic rings. The van der Waals surface area contributed by atoms with Crippen molar-refractivity contribution in [2.75, 3.05) is 32.5 Å². The summed E-state index contributed by atoms with van der Waals surface area (Å²) in [6.07, 6.45) is -0.713. The molecule has 1 atom stereocenters. The molecule has 1 aliphatic heterocycles. The molecule has 1 N–H and O–H groups in total. The topological polar surface area (TPSA) is 75.7 Å². The SMILES string of the molecule is CNC(=O)C1CN(S(=O)(=O)CC(C(C)C)C(C)C)CCO1. The van der Waals surface area contributed by atoms with E-state index < -0.39 is 16.1 Å². The lowest BCUT2D eigenvalue weighted by Gasteiger charge is -2.33. The van der Waals surface area contributed by atoms with Crippen LogP contribution in [0.3, 0.4) is 0 Å². The first kappa shape index (κ1) is 18.4. The molecule has 0 bridgehead atoms. The van der Waals surface area contributed by atoms with Gasteiger partial charge in [0, 0.05) is 20.1 Å². The van der Waals surface area contributed by atoms with Crippen molar-refractivity contribution >= 4 is 15.9 Å². The highest BCUT2D eigenvalue weighted by Gasteiger charge is 2.35. The molecule has 1 amide bonds. The number of carbonyl (C=O) groups is 1. The Hall–Kier alpha value is -0.660. The smallest absolute Gasteiger partial charge is 0.250 e. The Morgan fingerprint density at radius 3 is 2.33 bits per heavy atom. The number of hydrogen-bond acceptors (Lipinski definition) is 4. The molecular weight excluding hydrogens is 292 g/mol. The third-order valence-corrected chi connectivity index (χ3v) is 6.00. The lowest BCUT2D eigenvalue weighted by molar-refractivity contribution is -0.135. The third-order valence-electron chi connectivity index (χ3n) is 4.08. The second kappa shape index (κ2) is 7.56. The van der Waals surface area contributed by atoms with Crippen molar-refractivity contribution in [2.45, 2.75) is 33.8 Å². The van der Waals surface area contributed by atoms with Crippen molar-refractivity contribution in [1.29, 1.82) is 0 Å². The second-order valence-corrected chi connectivity index (χ2v) is 8.28. The van der Waals surface area contributed by atoms with Gasteiger partial charge in [-0.05, 0) is 17.8 Å². The summed E-state index contributed by atoms with van der Waals surface area (Å²) in [5.74, 6) is 0.560. The number of hydrogen-bond donors (Lipinski definition) is 1. The van der Waals surface area contributed by atoms with E-state index in [0.717, 1.165) is 0 Å². The number of rotatable bonds is 6. The van der Waals surface area contributed by atoms with Crippen molar-refractivity contribution in [3.05, 3.63) is 0 Å². The van der Waals surface area contributed by atoms with E-state index in [1.54, 1.807) is 0 Å². The maximum absolute atomic E-state index is 12.6. The Morgan fingerprint density at radius 2 is 1.86 bits per heavy atom. The summed E-state index contributed by atoms with van der Waals surface area (Å²) < 4.78 is 31.9. The van der Waals surface area contributed by atoms with Crippen LogP contribution in [0, 0.1) is 17.8 Å². The van der Waals surface area contributed by atoms with Crippen LogP contribution in [0.15, 0.2) is 0 Å². The zero-order valence-corrected chi connectivity index (χ0v) is 14.4. The summed E-state index contributed by atoms with van der Waals surface area (Å²) in [5, 5.41) is 2.50. The predicted molar refractivity (Wildman–Crippen MR) is 82.3 cm³/mol. The van der Waals surface area contributed by atoms with Crippen molar-refractivity contribution in [1.82, 2.24) is 9.62 Å². The van der Waals surface area contributed by atoms with Crippen molar-refractivity contribution < 1.29 is 17.9 Å². The number of ether oxygens (including phenoxy) is 1. The van der Waals surface area contributed by atoms with Crippen LogP contribution in [-0.4, -0.2) is 57.2 Å². The number of morpholine rings is 1. The van der Waals surface area contributed by atoms with Gasteiger partial charge in [-0.2, -0.15) is 4.31 Å². The molecule has 0 aliphatic carbocycles. The van der Waals surface area contributed by atoms with E-state index in [1.165, 1.54) is 11.4 Å². The van der Waals surface area contributed by atoms with Gasteiger partial charge in [0.1, 0.15) is 6.10 Å². The van der Waals surface area contributed by atoms with Crippen LogP contribution in [0.4, 0.5) is 0 Å². The average Bonchev–Trinajstić information content (AvgIpc) is 2.43. The van der Waals surface area contributed by atoms with Gasteiger partial charge in [-0.25, -0.2) is 8.42 Å². The summed E-state index contributed by atoms with van der Waals surface area (Å²) in [7, 11) is -1.85. The lowest BCUT2D eigenvalue weighted by atomic mass is 9.87. The normalized spacial score (nSPS) is 21.2. The fourth-order valence-electron chi connectivity index (χ4n) is 2.70. The molecule has 0 radical (unpaired) electrons. The summed E-state index contributed by atoms with van der Waals surface area (Å²) in [4.78, 5) is 11.6. The number of likely N-dealkylation sites (N-methyl/N-ethyl adjacent to an activating group) is 1. The van der Waals surface area contributed by atoms with Crippen LogP contribution in [-0.2, 0) is 19.6 Å². The van der Waals surface area contributed by atoms with Crippen molar-refractivity contribution in [2.24, 2.45) is 17.8 Å². The van der Waals surface area contributed by atoms with Gasteiger partial charge in [0.15, 0.2) is 0 Å². The van der Waals surface area contributed by atoms with Crippen molar-refractivity contribution in [3.8, 4) is 0 Å². The first-order valence-corrected chi connectivity index (χ1v) is 9.11. The fraction of sp³-hybridized carbons (Fsp3) is 0.929. The van der Waals surface area contributed by atoms with Gasteiger partial charge < -0.3 is 10.1 Å². The summed E-state index contributed by atoms with van der Waals surface area (Å²) in [5.41, 5.74) is 0. The molecule has 1 heterocycles. The Kier molecular flexibility index (Phi) is 6.62. The molecule has 6 nitrogen and oxygen atoms in total. The van der Waals surface area contributed by atoms with Gasteiger partial charge in [0.2, 0.25) is 15.9 Å². The first-order valence-electron chi connectivity index (χ1n) is 7.50. The number of nitrogens with one attached hydrogen (secondary N) is 1. The van der Waals surface area contributed by atoms with Crippen LogP contribution in [0.5, 0.6) is 0 Å². The highest BCUT2D eigenvalue weighted by Crippen LogP contribution is 2.24. The molecule has 1 aliphatic rings. The fourth-order valence-corrected chi connectivity index (χ4v) is 4.88.